The Balaban J connectivity index is 1.52. The topological polar surface area (TPSA) is 3.24 Å². The number of allylic oxidation sites excluding steroid dienone is 4. The van der Waals surface area contributed by atoms with E-state index in [0.29, 0.717) is 0 Å². The van der Waals surface area contributed by atoms with E-state index in [0.717, 1.165) is 28.2 Å². The maximum absolute atomic E-state index is 5.33. The molecule has 0 aliphatic heterocycles. The van der Waals surface area contributed by atoms with Crippen LogP contribution in [0.3, 0.4) is 0 Å². The quantitative estimate of drug-likeness (QED) is 0.163. The second-order valence-corrected chi connectivity index (χ2v) is 9.08. The van der Waals surface area contributed by atoms with Crippen molar-refractivity contribution in [2.24, 2.45) is 0 Å². The van der Waals surface area contributed by atoms with Crippen molar-refractivity contribution in [1.82, 2.24) is 0 Å². The summed E-state index contributed by atoms with van der Waals surface area (Å²) < 4.78 is 0. The zero-order valence-electron chi connectivity index (χ0n) is 21.5. The minimum Gasteiger partial charge on any atom is -0.311 e. The molecule has 0 N–H and O–H groups in total. The van der Waals surface area contributed by atoms with Crippen LogP contribution in [0.5, 0.6) is 0 Å². The number of benzene rings is 5. The third kappa shape index (κ3) is 5.67. The zero-order valence-corrected chi connectivity index (χ0v) is 21.5. The van der Waals surface area contributed by atoms with Crippen molar-refractivity contribution in [2.75, 3.05) is 4.90 Å². The molecule has 5 aromatic rings. The van der Waals surface area contributed by atoms with Crippen molar-refractivity contribution >= 4 is 22.6 Å². The molecule has 0 aliphatic carbocycles. The molecule has 0 aromatic heterocycles. The third-order valence-electron chi connectivity index (χ3n) is 6.58. The van der Waals surface area contributed by atoms with Crippen molar-refractivity contribution in [3.8, 4) is 34.6 Å². The average molecular weight is 488 g/mol. The van der Waals surface area contributed by atoms with E-state index < -0.39 is 0 Å². The van der Waals surface area contributed by atoms with Gasteiger partial charge in [-0.05, 0) is 82.8 Å². The summed E-state index contributed by atoms with van der Waals surface area (Å²) in [6, 6.07) is 47.1. The minimum absolute atomic E-state index is 1.10. The Morgan fingerprint density at radius 1 is 0.553 bits per heavy atom. The normalized spacial score (nSPS) is 11.3. The first-order valence-corrected chi connectivity index (χ1v) is 12.7. The standard InChI is InChI=1S/C37H29N/c1-3-4-7-12-29(2)30-17-23-35(24-18-30)38(36-25-19-33(20-26-36)31-13-8-5-9-14-31)37-27-21-34(22-28-37)32-15-10-6-11-16-32/h1,4-28H,2H3/b7-4-,29-12+. The predicted molar refractivity (Wildman–Crippen MR) is 164 cm³/mol. The molecule has 0 spiro atoms. The van der Waals surface area contributed by atoms with Gasteiger partial charge in [0, 0.05) is 17.1 Å². The third-order valence-corrected chi connectivity index (χ3v) is 6.58. The second kappa shape index (κ2) is 11.8. The molecule has 0 saturated heterocycles. The largest absolute Gasteiger partial charge is 0.311 e. The van der Waals surface area contributed by atoms with E-state index in [1.165, 1.54) is 22.3 Å². The highest BCUT2D eigenvalue weighted by Crippen LogP contribution is 2.37. The van der Waals surface area contributed by atoms with E-state index in [-0.39, 0.29) is 0 Å². The van der Waals surface area contributed by atoms with E-state index in [4.69, 9.17) is 6.42 Å². The highest BCUT2D eigenvalue weighted by molar-refractivity contribution is 5.80. The van der Waals surface area contributed by atoms with Gasteiger partial charge in [-0.2, -0.15) is 0 Å². The van der Waals surface area contributed by atoms with E-state index in [9.17, 15) is 0 Å². The van der Waals surface area contributed by atoms with Crippen LogP contribution in [0.15, 0.2) is 152 Å². The molecule has 1 nitrogen and oxygen atoms in total. The molecule has 0 fully saturated rings. The molecule has 0 amide bonds. The van der Waals surface area contributed by atoms with Gasteiger partial charge in [0.05, 0.1) is 0 Å². The number of nitrogens with zero attached hydrogens (tertiary/aromatic N) is 1. The molecule has 0 bridgehead atoms. The van der Waals surface area contributed by atoms with Crippen LogP contribution in [0.2, 0.25) is 0 Å². The van der Waals surface area contributed by atoms with Crippen LogP contribution in [0, 0.1) is 12.3 Å². The molecule has 38 heavy (non-hydrogen) atoms. The van der Waals surface area contributed by atoms with E-state index in [1.807, 2.05) is 24.3 Å². The number of terminal acetylenes is 1. The maximum Gasteiger partial charge on any atom is 0.0462 e. The number of hydrogen-bond donors (Lipinski definition) is 0. The van der Waals surface area contributed by atoms with Gasteiger partial charge in [0.25, 0.3) is 0 Å². The Morgan fingerprint density at radius 2 is 0.947 bits per heavy atom. The lowest BCUT2D eigenvalue weighted by atomic mass is 10.0. The molecule has 1 heteroatoms. The Morgan fingerprint density at radius 3 is 1.37 bits per heavy atom. The summed E-state index contributed by atoms with van der Waals surface area (Å²) in [6.45, 7) is 2.10. The smallest absolute Gasteiger partial charge is 0.0462 e. The zero-order chi connectivity index (χ0) is 26.2. The van der Waals surface area contributed by atoms with Crippen LogP contribution in [0.25, 0.3) is 27.8 Å². The fraction of sp³-hybridized carbons (Fsp3) is 0.0270. The van der Waals surface area contributed by atoms with Gasteiger partial charge in [-0.3, -0.25) is 0 Å². The van der Waals surface area contributed by atoms with Gasteiger partial charge in [0.2, 0.25) is 0 Å². The van der Waals surface area contributed by atoms with Gasteiger partial charge < -0.3 is 4.90 Å². The number of anilines is 3. The Labute approximate surface area is 226 Å². The Kier molecular flexibility index (Phi) is 7.64. The summed E-state index contributed by atoms with van der Waals surface area (Å²) in [4.78, 5) is 2.30. The first-order valence-electron chi connectivity index (χ1n) is 12.7. The molecule has 0 aliphatic rings. The lowest BCUT2D eigenvalue weighted by molar-refractivity contribution is 1.28. The molecule has 0 heterocycles. The lowest BCUT2D eigenvalue weighted by Gasteiger charge is -2.26. The van der Waals surface area contributed by atoms with Crippen molar-refractivity contribution in [1.29, 1.82) is 0 Å². The number of rotatable bonds is 7. The van der Waals surface area contributed by atoms with Crippen LogP contribution >= 0.6 is 0 Å². The summed E-state index contributed by atoms with van der Waals surface area (Å²) in [5, 5.41) is 0. The molecule has 5 aromatic carbocycles. The van der Waals surface area contributed by atoms with Crippen LogP contribution in [-0.4, -0.2) is 0 Å². The highest BCUT2D eigenvalue weighted by Gasteiger charge is 2.13. The SMILES string of the molecule is C#C/C=C\C=C(/C)c1ccc(N(c2ccc(-c3ccccc3)cc2)c2ccc(-c3ccccc3)cc2)cc1. The summed E-state index contributed by atoms with van der Waals surface area (Å²) >= 11 is 0. The molecular formula is C37H29N. The molecular weight excluding hydrogens is 458 g/mol. The summed E-state index contributed by atoms with van der Waals surface area (Å²) in [6.07, 6.45) is 11.0. The summed E-state index contributed by atoms with van der Waals surface area (Å²) in [7, 11) is 0. The van der Waals surface area contributed by atoms with Gasteiger partial charge in [-0.1, -0.05) is 115 Å². The van der Waals surface area contributed by atoms with Gasteiger partial charge in [-0.15, -0.1) is 6.42 Å². The van der Waals surface area contributed by atoms with Crippen molar-refractivity contribution in [3.63, 3.8) is 0 Å². The fourth-order valence-electron chi connectivity index (χ4n) is 4.53. The fourth-order valence-corrected chi connectivity index (χ4v) is 4.53. The van der Waals surface area contributed by atoms with Crippen LogP contribution in [0.4, 0.5) is 17.1 Å². The molecule has 5 rings (SSSR count). The number of hydrogen-bond acceptors (Lipinski definition) is 1. The first-order chi connectivity index (χ1) is 18.7. The van der Waals surface area contributed by atoms with Gasteiger partial charge >= 0.3 is 0 Å². The van der Waals surface area contributed by atoms with E-state index in [1.54, 1.807) is 6.08 Å². The van der Waals surface area contributed by atoms with Crippen LogP contribution in [-0.2, 0) is 0 Å². The van der Waals surface area contributed by atoms with Gasteiger partial charge in [-0.25, -0.2) is 0 Å². The minimum atomic E-state index is 1.10. The van der Waals surface area contributed by atoms with Crippen molar-refractivity contribution < 1.29 is 0 Å². The van der Waals surface area contributed by atoms with E-state index >= 15 is 0 Å². The Hall–Kier alpha value is -5.06. The van der Waals surface area contributed by atoms with Crippen molar-refractivity contribution in [2.45, 2.75) is 6.92 Å². The lowest BCUT2D eigenvalue weighted by Crippen LogP contribution is -2.09. The van der Waals surface area contributed by atoms with E-state index in [2.05, 4.69) is 139 Å². The average Bonchev–Trinajstić information content (AvgIpc) is 2.99. The second-order valence-electron chi connectivity index (χ2n) is 9.08. The molecule has 182 valence electrons. The van der Waals surface area contributed by atoms with Crippen LogP contribution in [0.1, 0.15) is 12.5 Å². The predicted octanol–water partition coefficient (Wildman–Crippen LogP) is 10.1. The maximum atomic E-state index is 5.33. The van der Waals surface area contributed by atoms with Gasteiger partial charge in [0.1, 0.15) is 0 Å². The Bertz CT molecular complexity index is 1480. The summed E-state index contributed by atoms with van der Waals surface area (Å²) in [5.74, 6) is 2.53. The van der Waals surface area contributed by atoms with Gasteiger partial charge in [0.15, 0.2) is 0 Å². The van der Waals surface area contributed by atoms with Crippen molar-refractivity contribution in [3.05, 3.63) is 157 Å². The molecule has 0 unspecified atom stereocenters. The van der Waals surface area contributed by atoms with Crippen LogP contribution < -0.4 is 4.90 Å². The molecule has 0 atom stereocenters. The molecule has 0 saturated carbocycles. The summed E-state index contributed by atoms with van der Waals surface area (Å²) in [5.41, 5.74) is 10.5. The monoisotopic (exact) mass is 487 g/mol. The highest BCUT2D eigenvalue weighted by atomic mass is 15.1. The molecule has 0 radical (unpaired) electrons. The first kappa shape index (κ1) is 24.6.